The van der Waals surface area contributed by atoms with Crippen LogP contribution in [0.2, 0.25) is 0 Å². The summed E-state index contributed by atoms with van der Waals surface area (Å²) in [6.07, 6.45) is 2.00. The van der Waals surface area contributed by atoms with Gasteiger partial charge in [0, 0.05) is 5.56 Å². The Morgan fingerprint density at radius 2 is 1.89 bits per heavy atom. The maximum Gasteiger partial charge on any atom is 0.326 e. The van der Waals surface area contributed by atoms with Crippen LogP contribution in [0, 0.1) is 0 Å². The lowest BCUT2D eigenvalue weighted by Gasteiger charge is -2.27. The van der Waals surface area contributed by atoms with Crippen LogP contribution in [0.25, 0.3) is 0 Å². The van der Waals surface area contributed by atoms with Crippen LogP contribution in [0.3, 0.4) is 0 Å². The largest absolute Gasteiger partial charge is 0.497 e. The quantitative estimate of drug-likeness (QED) is 0.806. The molecule has 1 aromatic heterocycles. The highest BCUT2D eigenvalue weighted by Gasteiger charge is 2.31. The Balaban J connectivity index is 1.77. The van der Waals surface area contributed by atoms with Crippen molar-refractivity contribution < 1.29 is 19.1 Å². The van der Waals surface area contributed by atoms with Crippen LogP contribution in [0.4, 0.5) is 5.82 Å². The number of amides is 1. The SMILES string of the molecule is COc1ccc(C(=O)N2C=Nc3c(ncn3CC(=O)OC(C)(C)C)C2N)cc1. The van der Waals surface area contributed by atoms with Crippen LogP contribution in [-0.2, 0) is 16.1 Å². The molecule has 148 valence electrons. The van der Waals surface area contributed by atoms with E-state index in [1.54, 1.807) is 56.7 Å². The molecule has 0 spiro atoms. The number of rotatable bonds is 4. The second-order valence-corrected chi connectivity index (χ2v) is 7.30. The zero-order chi connectivity index (χ0) is 20.5. The fourth-order valence-corrected chi connectivity index (χ4v) is 2.75. The number of fused-ring (bicyclic) bond motifs is 1. The molecule has 1 atom stereocenters. The number of hydrogen-bond donors (Lipinski definition) is 1. The average Bonchev–Trinajstić information content (AvgIpc) is 3.03. The van der Waals surface area contributed by atoms with Crippen molar-refractivity contribution in [3.05, 3.63) is 41.9 Å². The Morgan fingerprint density at radius 1 is 1.21 bits per heavy atom. The number of nitrogens with two attached hydrogens (primary N) is 1. The number of aromatic nitrogens is 2. The molecule has 2 N–H and O–H groups in total. The smallest absolute Gasteiger partial charge is 0.326 e. The first kappa shape index (κ1) is 19.6. The van der Waals surface area contributed by atoms with E-state index in [4.69, 9.17) is 15.2 Å². The van der Waals surface area contributed by atoms with Crippen molar-refractivity contribution in [2.75, 3.05) is 7.11 Å². The Kier molecular flexibility index (Phi) is 5.19. The maximum absolute atomic E-state index is 12.8. The van der Waals surface area contributed by atoms with Gasteiger partial charge in [-0.1, -0.05) is 0 Å². The molecule has 1 aliphatic heterocycles. The van der Waals surface area contributed by atoms with Crippen LogP contribution in [0.15, 0.2) is 35.6 Å². The van der Waals surface area contributed by atoms with Gasteiger partial charge in [0.1, 0.15) is 36.1 Å². The first-order valence-corrected chi connectivity index (χ1v) is 8.73. The molecule has 0 bridgehead atoms. The molecule has 1 unspecified atom stereocenters. The Labute approximate surface area is 162 Å². The van der Waals surface area contributed by atoms with Crippen LogP contribution in [0.1, 0.15) is 43.0 Å². The van der Waals surface area contributed by atoms with Gasteiger partial charge in [-0.3, -0.25) is 14.5 Å². The van der Waals surface area contributed by atoms with E-state index in [0.29, 0.717) is 22.8 Å². The van der Waals surface area contributed by atoms with Gasteiger partial charge in [-0.2, -0.15) is 0 Å². The maximum atomic E-state index is 12.8. The summed E-state index contributed by atoms with van der Waals surface area (Å²) in [7, 11) is 1.55. The molecule has 0 aliphatic carbocycles. The summed E-state index contributed by atoms with van der Waals surface area (Å²) in [4.78, 5) is 34.7. The minimum atomic E-state index is -0.818. The molecule has 9 nitrogen and oxygen atoms in total. The first-order valence-electron chi connectivity index (χ1n) is 8.73. The number of imidazole rings is 1. The van der Waals surface area contributed by atoms with Gasteiger partial charge in [-0.05, 0) is 45.0 Å². The standard InChI is InChI=1S/C19H23N5O4/c1-19(2,3)28-14(25)9-23-10-21-15-16(20)24(11-22-17(15)23)18(26)12-5-7-13(27-4)8-6-12/h5-8,10-11,16H,9,20H2,1-4H3. The summed E-state index contributed by atoms with van der Waals surface area (Å²) in [5, 5.41) is 0. The van der Waals surface area contributed by atoms with E-state index in [-0.39, 0.29) is 12.5 Å². The van der Waals surface area contributed by atoms with E-state index in [1.807, 2.05) is 0 Å². The fraction of sp³-hybridized carbons (Fsp3) is 0.368. The van der Waals surface area contributed by atoms with E-state index in [9.17, 15) is 9.59 Å². The van der Waals surface area contributed by atoms with Crippen molar-refractivity contribution in [3.8, 4) is 5.75 Å². The number of benzene rings is 1. The lowest BCUT2D eigenvalue weighted by molar-refractivity contribution is -0.155. The normalized spacial score (nSPS) is 15.9. The van der Waals surface area contributed by atoms with E-state index in [0.717, 1.165) is 0 Å². The highest BCUT2D eigenvalue weighted by atomic mass is 16.6. The second-order valence-electron chi connectivity index (χ2n) is 7.30. The van der Waals surface area contributed by atoms with Crippen LogP contribution >= 0.6 is 0 Å². The molecule has 0 saturated heterocycles. The minimum absolute atomic E-state index is 0.0455. The number of aliphatic imine (C=N–C) groups is 1. The summed E-state index contributed by atoms with van der Waals surface area (Å²) >= 11 is 0. The lowest BCUT2D eigenvalue weighted by Crippen LogP contribution is -2.40. The number of carbonyl (C=O) groups excluding carboxylic acids is 2. The molecule has 1 aromatic carbocycles. The molecular formula is C19H23N5O4. The predicted molar refractivity (Wildman–Crippen MR) is 102 cm³/mol. The first-order chi connectivity index (χ1) is 13.2. The number of methoxy groups -OCH3 is 1. The van der Waals surface area contributed by atoms with Crippen LogP contribution < -0.4 is 10.5 Å². The Bertz CT molecular complexity index is 911. The van der Waals surface area contributed by atoms with Crippen molar-refractivity contribution in [3.63, 3.8) is 0 Å². The zero-order valence-electron chi connectivity index (χ0n) is 16.2. The van der Waals surface area contributed by atoms with Gasteiger partial charge >= 0.3 is 5.97 Å². The van der Waals surface area contributed by atoms with Gasteiger partial charge in [-0.25, -0.2) is 9.98 Å². The van der Waals surface area contributed by atoms with Gasteiger partial charge in [0.05, 0.1) is 13.4 Å². The van der Waals surface area contributed by atoms with Crippen molar-refractivity contribution in [2.24, 2.45) is 10.7 Å². The number of hydrogen-bond acceptors (Lipinski definition) is 7. The Hall–Kier alpha value is -3.20. The van der Waals surface area contributed by atoms with Crippen molar-refractivity contribution >= 4 is 24.0 Å². The van der Waals surface area contributed by atoms with Crippen molar-refractivity contribution in [1.29, 1.82) is 0 Å². The molecule has 2 aromatic rings. The highest BCUT2D eigenvalue weighted by molar-refractivity contribution is 6.01. The highest BCUT2D eigenvalue weighted by Crippen LogP contribution is 2.30. The summed E-state index contributed by atoms with van der Waals surface area (Å²) in [6, 6.07) is 6.69. The topological polar surface area (TPSA) is 112 Å². The summed E-state index contributed by atoms with van der Waals surface area (Å²) in [6.45, 7) is 5.34. The molecule has 9 heteroatoms. The molecule has 1 amide bonds. The van der Waals surface area contributed by atoms with E-state index in [1.165, 1.54) is 17.6 Å². The van der Waals surface area contributed by atoms with Crippen molar-refractivity contribution in [2.45, 2.75) is 39.1 Å². The summed E-state index contributed by atoms with van der Waals surface area (Å²) < 4.78 is 12.0. The molecule has 0 saturated carbocycles. The zero-order valence-corrected chi connectivity index (χ0v) is 16.2. The second kappa shape index (κ2) is 7.43. The van der Waals surface area contributed by atoms with Gasteiger partial charge < -0.3 is 19.8 Å². The lowest BCUT2D eigenvalue weighted by atomic mass is 10.1. The summed E-state index contributed by atoms with van der Waals surface area (Å²) in [5.74, 6) is 0.355. The van der Waals surface area contributed by atoms with Gasteiger partial charge in [-0.15, -0.1) is 0 Å². The molecule has 0 radical (unpaired) electrons. The molecule has 28 heavy (non-hydrogen) atoms. The number of carbonyl (C=O) groups is 2. The predicted octanol–water partition coefficient (Wildman–Crippen LogP) is 2.01. The third-order valence-electron chi connectivity index (χ3n) is 4.01. The van der Waals surface area contributed by atoms with Gasteiger partial charge in [0.25, 0.3) is 5.91 Å². The van der Waals surface area contributed by atoms with Gasteiger partial charge in [0.2, 0.25) is 0 Å². The number of ether oxygens (including phenoxy) is 2. The Morgan fingerprint density at radius 3 is 2.50 bits per heavy atom. The van der Waals surface area contributed by atoms with Crippen molar-refractivity contribution in [1.82, 2.24) is 14.5 Å². The fourth-order valence-electron chi connectivity index (χ4n) is 2.75. The van der Waals surface area contributed by atoms with E-state index >= 15 is 0 Å². The third kappa shape index (κ3) is 4.04. The van der Waals surface area contributed by atoms with Gasteiger partial charge in [0.15, 0.2) is 5.82 Å². The van der Waals surface area contributed by atoms with E-state index < -0.39 is 17.7 Å². The van der Waals surface area contributed by atoms with Crippen LogP contribution in [-0.4, -0.2) is 45.4 Å². The molecule has 1 aliphatic rings. The molecular weight excluding hydrogens is 362 g/mol. The number of esters is 1. The number of nitrogens with zero attached hydrogens (tertiary/aromatic N) is 4. The minimum Gasteiger partial charge on any atom is -0.497 e. The molecule has 3 rings (SSSR count). The molecule has 2 heterocycles. The third-order valence-corrected chi connectivity index (χ3v) is 4.01. The van der Waals surface area contributed by atoms with Crippen LogP contribution in [0.5, 0.6) is 5.75 Å². The summed E-state index contributed by atoms with van der Waals surface area (Å²) in [5.41, 5.74) is 6.50. The monoisotopic (exact) mass is 385 g/mol. The van der Waals surface area contributed by atoms with E-state index in [2.05, 4.69) is 9.98 Å². The average molecular weight is 385 g/mol. The molecule has 0 fully saturated rings.